The summed E-state index contributed by atoms with van der Waals surface area (Å²) in [5.41, 5.74) is 4.16. The molecule has 4 bridgehead atoms. The Morgan fingerprint density at radius 1 is 0.769 bits per heavy atom. The number of nitrogens with one attached hydrogen (secondary N) is 3. The Kier molecular flexibility index (Phi) is 6.13. The third-order valence-electron chi connectivity index (χ3n) is 8.87. The van der Waals surface area contributed by atoms with E-state index in [0.717, 1.165) is 28.4 Å². The van der Waals surface area contributed by atoms with E-state index in [1.165, 1.54) is 32.1 Å². The number of aromatic nitrogens is 2. The molecular weight excluding hydrogens is 531 g/mol. The number of imidazole rings is 1. The predicted molar refractivity (Wildman–Crippen MR) is 154 cm³/mol. The Morgan fingerprint density at radius 2 is 1.46 bits per heavy atom. The van der Waals surface area contributed by atoms with Gasteiger partial charge < -0.3 is 15.6 Å². The summed E-state index contributed by atoms with van der Waals surface area (Å²) < 4.78 is 0. The molecular formula is C31H28Cl2N4O2. The first-order chi connectivity index (χ1) is 18.9. The Balaban J connectivity index is 1.05. The second kappa shape index (κ2) is 9.68. The van der Waals surface area contributed by atoms with E-state index in [0.29, 0.717) is 50.6 Å². The molecule has 0 spiro atoms. The van der Waals surface area contributed by atoms with Gasteiger partial charge in [-0.1, -0.05) is 35.3 Å². The second-order valence-corrected chi connectivity index (χ2v) is 12.2. The lowest BCUT2D eigenvalue weighted by atomic mass is 9.54. The lowest BCUT2D eigenvalue weighted by Crippen LogP contribution is -2.55. The maximum absolute atomic E-state index is 13.2. The molecule has 0 unspecified atom stereocenters. The van der Waals surface area contributed by atoms with Crippen molar-refractivity contribution in [3.8, 4) is 11.4 Å². The largest absolute Gasteiger partial charge is 0.349 e. The van der Waals surface area contributed by atoms with E-state index in [4.69, 9.17) is 28.2 Å². The SMILES string of the molecule is O=C(Nc1ccc(Cl)c(Cl)c1)c1ccc(-c2nc3cc(C(=O)NC4C5C[C@H]6C[C@@H](C5)C[C@@H]4C6)ccc3[nH]2)cc1. The summed E-state index contributed by atoms with van der Waals surface area (Å²) in [4.78, 5) is 34.0. The number of carbonyl (C=O) groups excluding carboxylic acids is 2. The zero-order valence-electron chi connectivity index (χ0n) is 21.2. The standard InChI is InChI=1S/C31H28Cl2N4O2/c32-24-7-6-23(15-25(24)33)34-30(38)19-3-1-18(2-4-19)29-35-26-8-5-20(14-27(26)36-29)31(39)37-28-21-10-16-9-17(12-21)13-22(28)11-16/h1-8,14-17,21-22,28H,9-13H2,(H,34,38)(H,35,36)(H,37,39)/t16-,17+,21-,22?,28?. The van der Waals surface area contributed by atoms with Gasteiger partial charge in [-0.15, -0.1) is 0 Å². The van der Waals surface area contributed by atoms with Crippen LogP contribution in [0.4, 0.5) is 5.69 Å². The number of rotatable bonds is 5. The van der Waals surface area contributed by atoms with Crippen LogP contribution < -0.4 is 10.6 Å². The Hall–Kier alpha value is -3.35. The van der Waals surface area contributed by atoms with Crippen LogP contribution in [0.3, 0.4) is 0 Å². The van der Waals surface area contributed by atoms with Crippen LogP contribution in [-0.2, 0) is 0 Å². The molecule has 4 aliphatic rings. The Morgan fingerprint density at radius 3 is 2.15 bits per heavy atom. The van der Waals surface area contributed by atoms with Gasteiger partial charge in [0.15, 0.2) is 0 Å². The van der Waals surface area contributed by atoms with Crippen LogP contribution in [0.1, 0.15) is 52.8 Å². The fourth-order valence-electron chi connectivity index (χ4n) is 7.24. The van der Waals surface area contributed by atoms with Gasteiger partial charge in [-0.2, -0.15) is 0 Å². The van der Waals surface area contributed by atoms with Gasteiger partial charge in [0.1, 0.15) is 5.82 Å². The smallest absolute Gasteiger partial charge is 0.255 e. The number of amides is 2. The molecule has 39 heavy (non-hydrogen) atoms. The number of anilines is 1. The van der Waals surface area contributed by atoms with E-state index in [1.807, 2.05) is 30.3 Å². The maximum Gasteiger partial charge on any atom is 0.255 e. The van der Waals surface area contributed by atoms with Crippen molar-refractivity contribution >= 4 is 51.7 Å². The van der Waals surface area contributed by atoms with Crippen LogP contribution in [0.25, 0.3) is 22.4 Å². The molecule has 4 aliphatic carbocycles. The van der Waals surface area contributed by atoms with Gasteiger partial charge in [0.2, 0.25) is 0 Å². The zero-order valence-corrected chi connectivity index (χ0v) is 22.7. The molecule has 0 aliphatic heterocycles. The molecule has 0 atom stereocenters. The summed E-state index contributed by atoms with van der Waals surface area (Å²) in [5.74, 6) is 3.46. The van der Waals surface area contributed by atoms with Gasteiger partial charge in [-0.05, 0) is 104 Å². The van der Waals surface area contributed by atoms with E-state index in [9.17, 15) is 9.59 Å². The molecule has 4 saturated carbocycles. The highest BCUT2D eigenvalue weighted by Gasteiger charge is 2.48. The van der Waals surface area contributed by atoms with Crippen molar-refractivity contribution in [1.82, 2.24) is 15.3 Å². The van der Waals surface area contributed by atoms with Crippen molar-refractivity contribution in [2.24, 2.45) is 23.7 Å². The normalized spacial score (nSPS) is 25.1. The molecule has 8 rings (SSSR count). The fraction of sp³-hybridized carbons (Fsp3) is 0.323. The third-order valence-corrected chi connectivity index (χ3v) is 9.61. The van der Waals surface area contributed by atoms with E-state index in [2.05, 4.69) is 15.6 Å². The summed E-state index contributed by atoms with van der Waals surface area (Å²) in [6.07, 6.45) is 6.50. The van der Waals surface area contributed by atoms with E-state index < -0.39 is 0 Å². The minimum Gasteiger partial charge on any atom is -0.349 e. The summed E-state index contributed by atoms with van der Waals surface area (Å²) in [6.45, 7) is 0. The van der Waals surface area contributed by atoms with Crippen LogP contribution >= 0.6 is 23.2 Å². The number of fused-ring (bicyclic) bond motifs is 1. The van der Waals surface area contributed by atoms with E-state index >= 15 is 0 Å². The van der Waals surface area contributed by atoms with E-state index in [1.54, 1.807) is 30.3 Å². The van der Waals surface area contributed by atoms with Crippen molar-refractivity contribution in [3.63, 3.8) is 0 Å². The number of aromatic amines is 1. The molecule has 8 heteroatoms. The minimum absolute atomic E-state index is 0.00346. The summed E-state index contributed by atoms with van der Waals surface area (Å²) in [5, 5.41) is 7.03. The number of halogens is 2. The fourth-order valence-corrected chi connectivity index (χ4v) is 7.53. The van der Waals surface area contributed by atoms with Gasteiger partial charge in [0.05, 0.1) is 21.1 Å². The molecule has 3 aromatic carbocycles. The number of H-pyrrole nitrogens is 1. The molecule has 1 aromatic heterocycles. The van der Waals surface area contributed by atoms with Gasteiger partial charge in [0.25, 0.3) is 11.8 Å². The number of benzene rings is 3. The highest BCUT2D eigenvalue weighted by Crippen LogP contribution is 2.53. The molecule has 198 valence electrons. The highest BCUT2D eigenvalue weighted by atomic mass is 35.5. The molecule has 3 N–H and O–H groups in total. The summed E-state index contributed by atoms with van der Waals surface area (Å²) in [6, 6.07) is 18.1. The maximum atomic E-state index is 13.2. The zero-order chi connectivity index (χ0) is 26.7. The lowest BCUT2D eigenvalue weighted by Gasteiger charge is -2.54. The van der Waals surface area contributed by atoms with Crippen LogP contribution in [0.5, 0.6) is 0 Å². The van der Waals surface area contributed by atoms with Crippen LogP contribution in [0.2, 0.25) is 10.0 Å². The number of hydrogen-bond donors (Lipinski definition) is 3. The topological polar surface area (TPSA) is 86.9 Å². The first kappa shape index (κ1) is 24.7. The molecule has 1 heterocycles. The van der Waals surface area contributed by atoms with E-state index in [-0.39, 0.29) is 11.8 Å². The van der Waals surface area contributed by atoms with Crippen LogP contribution in [0, 0.1) is 23.7 Å². The average molecular weight is 559 g/mol. The Labute approximate surface area is 236 Å². The van der Waals surface area contributed by atoms with Crippen molar-refractivity contribution in [2.45, 2.75) is 38.1 Å². The van der Waals surface area contributed by atoms with Crippen molar-refractivity contribution in [3.05, 3.63) is 81.8 Å². The summed E-state index contributed by atoms with van der Waals surface area (Å²) >= 11 is 12.0. The first-order valence-electron chi connectivity index (χ1n) is 13.6. The van der Waals surface area contributed by atoms with Crippen LogP contribution in [0.15, 0.2) is 60.7 Å². The molecule has 2 amide bonds. The monoisotopic (exact) mass is 558 g/mol. The second-order valence-electron chi connectivity index (χ2n) is 11.4. The average Bonchev–Trinajstić information content (AvgIpc) is 3.36. The highest BCUT2D eigenvalue weighted by molar-refractivity contribution is 6.42. The molecule has 0 radical (unpaired) electrons. The quantitative estimate of drug-likeness (QED) is 0.239. The van der Waals surface area contributed by atoms with Gasteiger partial charge in [-0.3, -0.25) is 9.59 Å². The third kappa shape index (κ3) is 4.70. The molecule has 0 saturated heterocycles. The van der Waals surface area contributed by atoms with Crippen molar-refractivity contribution in [1.29, 1.82) is 0 Å². The number of nitrogens with zero attached hydrogens (tertiary/aromatic N) is 1. The first-order valence-corrected chi connectivity index (χ1v) is 14.3. The predicted octanol–water partition coefficient (Wildman–Crippen LogP) is 7.34. The Bertz CT molecular complexity index is 1570. The lowest BCUT2D eigenvalue weighted by molar-refractivity contribution is -0.0119. The summed E-state index contributed by atoms with van der Waals surface area (Å²) in [7, 11) is 0. The minimum atomic E-state index is -0.251. The van der Waals surface area contributed by atoms with Crippen molar-refractivity contribution < 1.29 is 9.59 Å². The van der Waals surface area contributed by atoms with Gasteiger partial charge in [0, 0.05) is 28.4 Å². The van der Waals surface area contributed by atoms with Crippen LogP contribution in [-0.4, -0.2) is 27.8 Å². The van der Waals surface area contributed by atoms with Gasteiger partial charge in [-0.25, -0.2) is 4.98 Å². The number of carbonyl (C=O) groups is 2. The number of hydrogen-bond acceptors (Lipinski definition) is 3. The van der Waals surface area contributed by atoms with Crippen molar-refractivity contribution in [2.75, 3.05) is 5.32 Å². The molecule has 6 nitrogen and oxygen atoms in total. The molecule has 4 fully saturated rings. The van der Waals surface area contributed by atoms with Gasteiger partial charge >= 0.3 is 0 Å². The molecule has 4 aromatic rings.